The largest absolute Gasteiger partial charge is 0.367 e. The lowest BCUT2D eigenvalue weighted by Gasteiger charge is -2.21. The van der Waals surface area contributed by atoms with Gasteiger partial charge < -0.3 is 10.3 Å². The summed E-state index contributed by atoms with van der Waals surface area (Å²) in [6.07, 6.45) is 7.71. The summed E-state index contributed by atoms with van der Waals surface area (Å²) in [5, 5.41) is 6.79. The molecule has 17 heavy (non-hydrogen) atoms. The van der Waals surface area contributed by atoms with Crippen molar-refractivity contribution in [1.82, 2.24) is 15.3 Å². The molecular formula is C13H17N3S. The first-order valence-electron chi connectivity index (χ1n) is 6.20. The van der Waals surface area contributed by atoms with Crippen LogP contribution in [-0.2, 0) is 6.42 Å². The molecule has 1 atom stereocenters. The van der Waals surface area contributed by atoms with Crippen LogP contribution in [0.4, 0.5) is 0 Å². The summed E-state index contributed by atoms with van der Waals surface area (Å²) in [6.45, 7) is 2.33. The molecule has 0 amide bonds. The van der Waals surface area contributed by atoms with Crippen molar-refractivity contribution in [2.75, 3.05) is 13.1 Å². The number of hydrogen-bond donors (Lipinski definition) is 2. The molecule has 3 nitrogen and oxygen atoms in total. The number of nitrogens with one attached hydrogen (secondary N) is 2. The molecule has 1 aliphatic rings. The Morgan fingerprint density at radius 1 is 1.47 bits per heavy atom. The molecule has 1 unspecified atom stereocenters. The Kier molecular flexibility index (Phi) is 3.25. The number of aromatic nitrogens is 2. The molecule has 3 heterocycles. The molecule has 0 aliphatic carbocycles. The van der Waals surface area contributed by atoms with Crippen molar-refractivity contribution < 1.29 is 0 Å². The van der Waals surface area contributed by atoms with Crippen molar-refractivity contribution in [1.29, 1.82) is 0 Å². The maximum atomic E-state index is 4.72. The number of H-pyrrole nitrogens is 1. The van der Waals surface area contributed by atoms with Gasteiger partial charge in [-0.15, -0.1) is 11.3 Å². The van der Waals surface area contributed by atoms with E-state index in [0.717, 1.165) is 23.9 Å². The van der Waals surface area contributed by atoms with Gasteiger partial charge in [-0.05, 0) is 44.3 Å². The highest BCUT2D eigenvalue weighted by Crippen LogP contribution is 2.25. The minimum Gasteiger partial charge on any atom is -0.367 e. The first-order chi connectivity index (χ1) is 8.42. The van der Waals surface area contributed by atoms with E-state index in [1.165, 1.54) is 30.6 Å². The lowest BCUT2D eigenvalue weighted by atomic mass is 9.95. The molecule has 0 saturated carbocycles. The fourth-order valence-electron chi connectivity index (χ4n) is 2.38. The summed E-state index contributed by atoms with van der Waals surface area (Å²) in [7, 11) is 0. The second-order valence-electron chi connectivity index (χ2n) is 4.66. The molecule has 1 aliphatic heterocycles. The van der Waals surface area contributed by atoms with Gasteiger partial charge in [0.1, 0.15) is 5.01 Å². The maximum Gasteiger partial charge on any atom is 0.125 e. The van der Waals surface area contributed by atoms with Crippen LogP contribution < -0.4 is 5.32 Å². The zero-order valence-electron chi connectivity index (χ0n) is 9.78. The number of rotatable bonds is 3. The number of piperidine rings is 1. The van der Waals surface area contributed by atoms with Crippen molar-refractivity contribution in [3.63, 3.8) is 0 Å². The monoisotopic (exact) mass is 247 g/mol. The van der Waals surface area contributed by atoms with E-state index >= 15 is 0 Å². The Hall–Kier alpha value is -1.13. The van der Waals surface area contributed by atoms with Crippen molar-refractivity contribution in [3.8, 4) is 10.6 Å². The molecule has 1 saturated heterocycles. The van der Waals surface area contributed by atoms with Crippen LogP contribution in [0.5, 0.6) is 0 Å². The smallest absolute Gasteiger partial charge is 0.125 e. The molecule has 2 N–H and O–H groups in total. The van der Waals surface area contributed by atoms with Gasteiger partial charge in [0, 0.05) is 23.3 Å². The van der Waals surface area contributed by atoms with E-state index in [4.69, 9.17) is 4.98 Å². The van der Waals surface area contributed by atoms with Crippen LogP contribution in [0.25, 0.3) is 10.6 Å². The standard InChI is InChI=1S/C13H17N3S/c1-2-10(7-14-4-1)6-12-9-17-13(16-12)11-3-5-15-8-11/h3,5,8-10,14-15H,1-2,4,6-7H2. The van der Waals surface area contributed by atoms with Gasteiger partial charge in [0.2, 0.25) is 0 Å². The van der Waals surface area contributed by atoms with Crippen molar-refractivity contribution in [3.05, 3.63) is 29.5 Å². The number of thiazole rings is 1. The molecule has 90 valence electrons. The minimum absolute atomic E-state index is 0.768. The van der Waals surface area contributed by atoms with E-state index in [0.29, 0.717) is 0 Å². The van der Waals surface area contributed by atoms with Gasteiger partial charge in [-0.3, -0.25) is 0 Å². The Balaban J connectivity index is 1.68. The predicted molar refractivity (Wildman–Crippen MR) is 71.2 cm³/mol. The van der Waals surface area contributed by atoms with Crippen molar-refractivity contribution in [2.45, 2.75) is 19.3 Å². The summed E-state index contributed by atoms with van der Waals surface area (Å²) < 4.78 is 0. The maximum absolute atomic E-state index is 4.72. The molecule has 0 spiro atoms. The van der Waals surface area contributed by atoms with Gasteiger partial charge >= 0.3 is 0 Å². The summed E-state index contributed by atoms with van der Waals surface area (Å²) in [5.41, 5.74) is 2.45. The van der Waals surface area contributed by atoms with Crippen LogP contribution in [0.15, 0.2) is 23.8 Å². The van der Waals surface area contributed by atoms with Gasteiger partial charge in [0.15, 0.2) is 0 Å². The van der Waals surface area contributed by atoms with E-state index in [9.17, 15) is 0 Å². The van der Waals surface area contributed by atoms with E-state index in [2.05, 4.69) is 21.7 Å². The lowest BCUT2D eigenvalue weighted by molar-refractivity contribution is 0.374. The number of hydrogen-bond acceptors (Lipinski definition) is 3. The highest BCUT2D eigenvalue weighted by molar-refractivity contribution is 7.13. The van der Waals surface area contributed by atoms with Crippen LogP contribution in [0.1, 0.15) is 18.5 Å². The van der Waals surface area contributed by atoms with E-state index in [1.807, 2.05) is 12.4 Å². The van der Waals surface area contributed by atoms with Crippen LogP contribution in [-0.4, -0.2) is 23.1 Å². The third-order valence-corrected chi connectivity index (χ3v) is 4.23. The Labute approximate surface area is 105 Å². The Morgan fingerprint density at radius 2 is 2.47 bits per heavy atom. The van der Waals surface area contributed by atoms with Crippen molar-refractivity contribution in [2.24, 2.45) is 5.92 Å². The second-order valence-corrected chi connectivity index (χ2v) is 5.52. The average Bonchev–Trinajstić information content (AvgIpc) is 3.00. The van der Waals surface area contributed by atoms with E-state index in [-0.39, 0.29) is 0 Å². The van der Waals surface area contributed by atoms with E-state index < -0.39 is 0 Å². The van der Waals surface area contributed by atoms with Crippen LogP contribution in [0.2, 0.25) is 0 Å². The minimum atomic E-state index is 0.768. The zero-order valence-corrected chi connectivity index (χ0v) is 10.6. The highest BCUT2D eigenvalue weighted by Gasteiger charge is 2.15. The molecule has 2 aromatic rings. The summed E-state index contributed by atoms with van der Waals surface area (Å²) in [5.74, 6) is 0.768. The Bertz CT molecular complexity index is 455. The predicted octanol–water partition coefficient (Wildman–Crippen LogP) is 2.68. The fourth-order valence-corrected chi connectivity index (χ4v) is 3.21. The zero-order chi connectivity index (χ0) is 11.5. The van der Waals surface area contributed by atoms with Gasteiger partial charge in [-0.2, -0.15) is 0 Å². The SMILES string of the molecule is c1cc(-c2nc(CC3CCCNC3)cs2)c[nH]1. The molecule has 1 fully saturated rings. The Morgan fingerprint density at radius 3 is 3.24 bits per heavy atom. The molecule has 0 bridgehead atoms. The second kappa shape index (κ2) is 5.02. The fraction of sp³-hybridized carbons (Fsp3) is 0.462. The molecule has 0 aromatic carbocycles. The normalized spacial score (nSPS) is 20.6. The topological polar surface area (TPSA) is 40.7 Å². The van der Waals surface area contributed by atoms with E-state index in [1.54, 1.807) is 11.3 Å². The van der Waals surface area contributed by atoms with Crippen LogP contribution in [0, 0.1) is 5.92 Å². The highest BCUT2D eigenvalue weighted by atomic mass is 32.1. The third-order valence-electron chi connectivity index (χ3n) is 3.29. The molecule has 4 heteroatoms. The van der Waals surface area contributed by atoms with Gasteiger partial charge in [-0.1, -0.05) is 0 Å². The first-order valence-corrected chi connectivity index (χ1v) is 7.08. The van der Waals surface area contributed by atoms with Gasteiger partial charge in [0.05, 0.1) is 5.69 Å². The van der Waals surface area contributed by atoms with Crippen LogP contribution in [0.3, 0.4) is 0 Å². The van der Waals surface area contributed by atoms with Gasteiger partial charge in [0.25, 0.3) is 0 Å². The molecule has 3 rings (SSSR count). The average molecular weight is 247 g/mol. The number of aromatic amines is 1. The van der Waals surface area contributed by atoms with Gasteiger partial charge in [-0.25, -0.2) is 4.98 Å². The quantitative estimate of drug-likeness (QED) is 0.875. The summed E-state index contributed by atoms with van der Waals surface area (Å²) in [6, 6.07) is 2.07. The number of nitrogens with zero attached hydrogens (tertiary/aromatic N) is 1. The third kappa shape index (κ3) is 2.58. The lowest BCUT2D eigenvalue weighted by Crippen LogP contribution is -2.30. The van der Waals surface area contributed by atoms with Crippen molar-refractivity contribution >= 4 is 11.3 Å². The molecule has 2 aromatic heterocycles. The summed E-state index contributed by atoms with van der Waals surface area (Å²) >= 11 is 1.74. The summed E-state index contributed by atoms with van der Waals surface area (Å²) in [4.78, 5) is 7.79. The molecule has 0 radical (unpaired) electrons. The first kappa shape index (κ1) is 11.0. The van der Waals surface area contributed by atoms with Crippen LogP contribution >= 0.6 is 11.3 Å². The molecular weight excluding hydrogens is 230 g/mol.